The monoisotopic (exact) mass is 279 g/mol. The molecule has 2 amide bonds. The van der Waals surface area contributed by atoms with Gasteiger partial charge >= 0.3 is 0 Å². The van der Waals surface area contributed by atoms with Crippen molar-refractivity contribution >= 4 is 17.5 Å². The Morgan fingerprint density at radius 3 is 2.45 bits per heavy atom. The van der Waals surface area contributed by atoms with Gasteiger partial charge in [0.2, 0.25) is 5.91 Å². The molecule has 4 N–H and O–H groups in total. The van der Waals surface area contributed by atoms with Crippen molar-refractivity contribution in [3.63, 3.8) is 0 Å². The molecule has 0 saturated heterocycles. The number of anilines is 1. The predicted octanol–water partition coefficient (Wildman–Crippen LogP) is 0.347. The van der Waals surface area contributed by atoms with Crippen LogP contribution in [0.4, 0.5) is 5.69 Å². The van der Waals surface area contributed by atoms with E-state index in [9.17, 15) is 9.59 Å². The van der Waals surface area contributed by atoms with Gasteiger partial charge in [-0.3, -0.25) is 9.59 Å². The highest BCUT2D eigenvalue weighted by molar-refractivity contribution is 5.95. The van der Waals surface area contributed by atoms with Gasteiger partial charge in [-0.05, 0) is 44.3 Å². The third-order valence-corrected chi connectivity index (χ3v) is 2.66. The lowest BCUT2D eigenvalue weighted by atomic mass is 10.2. The molecule has 1 aromatic carbocycles. The molecule has 0 atom stereocenters. The van der Waals surface area contributed by atoms with E-state index >= 15 is 0 Å². The average molecular weight is 279 g/mol. The molecule has 20 heavy (non-hydrogen) atoms. The fourth-order valence-electron chi connectivity index (χ4n) is 1.63. The molecule has 6 heteroatoms. The lowest BCUT2D eigenvalue weighted by molar-refractivity contribution is -0.116. The minimum atomic E-state index is -0.244. The summed E-state index contributed by atoms with van der Waals surface area (Å²) in [7, 11) is 1.85. The van der Waals surface area contributed by atoms with Crippen LogP contribution in [0.15, 0.2) is 24.3 Å². The summed E-state index contributed by atoms with van der Waals surface area (Å²) in [4.78, 5) is 23.2. The second kappa shape index (κ2) is 9.06. The molecule has 1 rings (SSSR count). The number of hydrogen-bond donors (Lipinski definition) is 4. The first-order valence-electron chi connectivity index (χ1n) is 6.61. The van der Waals surface area contributed by atoms with Crippen LogP contribution in [-0.2, 0) is 4.79 Å². The first-order valence-corrected chi connectivity index (χ1v) is 6.61. The van der Waals surface area contributed by atoms with Crippen LogP contribution in [0.5, 0.6) is 0 Å². The number of amides is 2. The van der Waals surface area contributed by atoms with Crippen LogP contribution >= 0.6 is 0 Å². The first kappa shape index (κ1) is 16.1. The second-order valence-electron chi connectivity index (χ2n) is 4.31. The van der Waals surface area contributed by atoms with E-state index in [2.05, 4.69) is 16.0 Å². The van der Waals surface area contributed by atoms with Gasteiger partial charge in [0, 0.05) is 24.2 Å². The van der Waals surface area contributed by atoms with Crippen LogP contribution in [0.2, 0.25) is 0 Å². The molecule has 0 radical (unpaired) electrons. The Morgan fingerprint density at radius 1 is 1.15 bits per heavy atom. The maximum atomic E-state index is 11.6. The number of aliphatic hydroxyl groups is 1. The molecule has 0 aliphatic heterocycles. The summed E-state index contributed by atoms with van der Waals surface area (Å²) < 4.78 is 0. The molecule has 0 unspecified atom stereocenters. The SMILES string of the molecule is CNCCCC(=O)Nc1ccc(C(=O)NCCO)cc1. The minimum Gasteiger partial charge on any atom is -0.395 e. The summed E-state index contributed by atoms with van der Waals surface area (Å²) in [5.74, 6) is -0.288. The molecule has 0 aromatic heterocycles. The van der Waals surface area contributed by atoms with Crippen molar-refractivity contribution in [2.24, 2.45) is 0 Å². The van der Waals surface area contributed by atoms with Gasteiger partial charge in [-0.1, -0.05) is 0 Å². The van der Waals surface area contributed by atoms with Crippen LogP contribution in [0.25, 0.3) is 0 Å². The van der Waals surface area contributed by atoms with Crippen molar-refractivity contribution in [1.29, 1.82) is 0 Å². The van der Waals surface area contributed by atoms with Crippen LogP contribution in [-0.4, -0.2) is 43.7 Å². The Kier molecular flexibility index (Phi) is 7.31. The van der Waals surface area contributed by atoms with E-state index < -0.39 is 0 Å². The van der Waals surface area contributed by atoms with Crippen molar-refractivity contribution in [2.75, 3.05) is 32.1 Å². The van der Waals surface area contributed by atoms with Crippen molar-refractivity contribution in [1.82, 2.24) is 10.6 Å². The quantitative estimate of drug-likeness (QED) is 0.517. The van der Waals surface area contributed by atoms with Gasteiger partial charge in [0.1, 0.15) is 0 Å². The average Bonchev–Trinajstić information content (AvgIpc) is 2.46. The van der Waals surface area contributed by atoms with Crippen molar-refractivity contribution < 1.29 is 14.7 Å². The van der Waals surface area contributed by atoms with Gasteiger partial charge in [-0.2, -0.15) is 0 Å². The Hall–Kier alpha value is -1.92. The molecule has 0 bridgehead atoms. The molecule has 0 saturated carbocycles. The number of carbonyl (C=O) groups is 2. The molecular formula is C14H21N3O3. The number of nitrogens with one attached hydrogen (secondary N) is 3. The Bertz CT molecular complexity index is 432. The summed E-state index contributed by atoms with van der Waals surface area (Å²) in [6.07, 6.45) is 1.24. The zero-order valence-corrected chi connectivity index (χ0v) is 11.6. The van der Waals surface area contributed by atoms with E-state index in [0.717, 1.165) is 13.0 Å². The van der Waals surface area contributed by atoms with Crippen molar-refractivity contribution in [2.45, 2.75) is 12.8 Å². The summed E-state index contributed by atoms with van der Waals surface area (Å²) in [5.41, 5.74) is 1.16. The Balaban J connectivity index is 2.45. The van der Waals surface area contributed by atoms with Gasteiger partial charge in [-0.25, -0.2) is 0 Å². The fraction of sp³-hybridized carbons (Fsp3) is 0.429. The lowest BCUT2D eigenvalue weighted by Crippen LogP contribution is -2.26. The molecule has 6 nitrogen and oxygen atoms in total. The summed E-state index contributed by atoms with van der Waals surface area (Å²) in [5, 5.41) is 16.9. The Labute approximate surface area is 118 Å². The number of rotatable bonds is 8. The van der Waals surface area contributed by atoms with Crippen LogP contribution in [0.1, 0.15) is 23.2 Å². The van der Waals surface area contributed by atoms with Crippen LogP contribution in [0.3, 0.4) is 0 Å². The third kappa shape index (κ3) is 5.81. The number of benzene rings is 1. The largest absolute Gasteiger partial charge is 0.395 e. The lowest BCUT2D eigenvalue weighted by Gasteiger charge is -2.07. The summed E-state index contributed by atoms with van der Waals surface area (Å²) in [6, 6.07) is 6.64. The molecule has 0 aliphatic carbocycles. The van der Waals surface area contributed by atoms with E-state index in [0.29, 0.717) is 17.7 Å². The molecule has 1 aromatic rings. The molecule has 110 valence electrons. The van der Waals surface area contributed by atoms with Gasteiger partial charge in [-0.15, -0.1) is 0 Å². The number of hydrogen-bond acceptors (Lipinski definition) is 4. The highest BCUT2D eigenvalue weighted by atomic mass is 16.3. The van der Waals surface area contributed by atoms with Gasteiger partial charge < -0.3 is 21.1 Å². The molecule has 0 spiro atoms. The van der Waals surface area contributed by atoms with E-state index in [1.54, 1.807) is 24.3 Å². The molecule has 0 aliphatic rings. The highest BCUT2D eigenvalue weighted by Gasteiger charge is 2.06. The normalized spacial score (nSPS) is 10.1. The van der Waals surface area contributed by atoms with E-state index in [-0.39, 0.29) is 25.0 Å². The number of carbonyl (C=O) groups excluding carboxylic acids is 2. The van der Waals surface area contributed by atoms with Crippen molar-refractivity contribution in [3.05, 3.63) is 29.8 Å². The van der Waals surface area contributed by atoms with Crippen LogP contribution < -0.4 is 16.0 Å². The van der Waals surface area contributed by atoms with Gasteiger partial charge in [0.15, 0.2) is 0 Å². The molecule has 0 fully saturated rings. The van der Waals surface area contributed by atoms with Crippen LogP contribution in [0, 0.1) is 0 Å². The third-order valence-electron chi connectivity index (χ3n) is 2.66. The fourth-order valence-corrected chi connectivity index (χ4v) is 1.63. The first-order chi connectivity index (χ1) is 9.67. The van der Waals surface area contributed by atoms with E-state index in [1.807, 2.05) is 7.05 Å². The summed E-state index contributed by atoms with van der Waals surface area (Å²) >= 11 is 0. The zero-order chi connectivity index (χ0) is 14.8. The van der Waals surface area contributed by atoms with E-state index in [4.69, 9.17) is 5.11 Å². The van der Waals surface area contributed by atoms with E-state index in [1.165, 1.54) is 0 Å². The van der Waals surface area contributed by atoms with Gasteiger partial charge in [0.05, 0.1) is 6.61 Å². The topological polar surface area (TPSA) is 90.5 Å². The standard InChI is InChI=1S/C14H21N3O3/c1-15-8-2-3-13(19)17-12-6-4-11(5-7-12)14(20)16-9-10-18/h4-7,15,18H,2-3,8-10H2,1H3,(H,16,20)(H,17,19). The Morgan fingerprint density at radius 2 is 1.85 bits per heavy atom. The molecule has 0 heterocycles. The molecular weight excluding hydrogens is 258 g/mol. The van der Waals surface area contributed by atoms with Crippen molar-refractivity contribution in [3.8, 4) is 0 Å². The second-order valence-corrected chi connectivity index (χ2v) is 4.31. The maximum Gasteiger partial charge on any atom is 0.251 e. The number of aliphatic hydroxyl groups excluding tert-OH is 1. The minimum absolute atomic E-state index is 0.0438. The smallest absolute Gasteiger partial charge is 0.251 e. The maximum absolute atomic E-state index is 11.6. The summed E-state index contributed by atoms with van der Waals surface area (Å²) in [6.45, 7) is 0.937. The predicted molar refractivity (Wildman–Crippen MR) is 77.7 cm³/mol. The highest BCUT2D eigenvalue weighted by Crippen LogP contribution is 2.10. The zero-order valence-electron chi connectivity index (χ0n) is 11.6. The van der Waals surface area contributed by atoms with Gasteiger partial charge in [0.25, 0.3) is 5.91 Å².